The smallest absolute Gasteiger partial charge is 0.330 e. The molecule has 0 fully saturated rings. The van der Waals surface area contributed by atoms with Crippen LogP contribution in [0.15, 0.2) is 12.7 Å². The molecule has 0 rings (SSSR count). The number of ether oxygens (including phenoxy) is 1. The van der Waals surface area contributed by atoms with E-state index in [0.717, 1.165) is 6.08 Å². The van der Waals surface area contributed by atoms with Crippen molar-refractivity contribution in [2.75, 3.05) is 19.3 Å². The van der Waals surface area contributed by atoms with Gasteiger partial charge >= 0.3 is 5.97 Å². The van der Waals surface area contributed by atoms with E-state index in [1.165, 1.54) is 0 Å². The van der Waals surface area contributed by atoms with Gasteiger partial charge in [-0.1, -0.05) is 6.58 Å². The van der Waals surface area contributed by atoms with Crippen molar-refractivity contribution in [3.63, 3.8) is 0 Å². The molecule has 1 unspecified atom stereocenters. The van der Waals surface area contributed by atoms with Crippen molar-refractivity contribution in [2.45, 2.75) is 0 Å². The minimum atomic E-state index is -1.75. The van der Waals surface area contributed by atoms with Gasteiger partial charge < -0.3 is 15.4 Å². The van der Waals surface area contributed by atoms with Crippen molar-refractivity contribution in [3.8, 4) is 0 Å². The largest absolute Gasteiger partial charge is 0.462 e. The molecule has 1 atom stereocenters. The van der Waals surface area contributed by atoms with E-state index < -0.39 is 19.6 Å². The average molecular weight is 205 g/mol. The Morgan fingerprint density at radius 2 is 2.23 bits per heavy atom. The third kappa shape index (κ3) is 5.47. The lowest BCUT2D eigenvalue weighted by atomic mass is 10.6. The summed E-state index contributed by atoms with van der Waals surface area (Å²) < 4.78 is 4.56. The molecule has 0 saturated carbocycles. The molecule has 0 aliphatic carbocycles. The van der Waals surface area contributed by atoms with Gasteiger partial charge in [0.1, 0.15) is 0 Å². The van der Waals surface area contributed by atoms with Gasteiger partial charge in [-0.2, -0.15) is 0 Å². The Morgan fingerprint density at radius 3 is 2.69 bits per heavy atom. The summed E-state index contributed by atoms with van der Waals surface area (Å²) in [5.74, 6) is -0.566. The summed E-state index contributed by atoms with van der Waals surface area (Å²) in [7, 11) is -1.75. The molecule has 0 heterocycles. The lowest BCUT2D eigenvalue weighted by Crippen LogP contribution is -2.14. The van der Waals surface area contributed by atoms with Crippen LogP contribution in [0.1, 0.15) is 0 Å². The zero-order valence-electron chi connectivity index (χ0n) is 7.10. The topological polar surface area (TPSA) is 89.6 Å². The number of hydrogen-bond acceptors (Lipinski definition) is 5. The third-order valence-electron chi connectivity index (χ3n) is 1.18. The van der Waals surface area contributed by atoms with Crippen molar-refractivity contribution >= 4 is 19.6 Å². The van der Waals surface area contributed by atoms with Crippen LogP contribution in [0.25, 0.3) is 0 Å². The van der Waals surface area contributed by atoms with E-state index in [0.29, 0.717) is 0 Å². The van der Waals surface area contributed by atoms with Gasteiger partial charge in [0.05, 0.1) is 21.3 Å². The van der Waals surface area contributed by atoms with Gasteiger partial charge in [0, 0.05) is 12.2 Å². The normalized spacial score (nSPS) is 11.8. The maximum Gasteiger partial charge on any atom is 0.330 e. The molecule has 0 aromatic rings. The quantitative estimate of drug-likeness (QED) is 0.349. The molecule has 0 amide bonds. The van der Waals surface area contributed by atoms with Gasteiger partial charge in [-0.3, -0.25) is 4.79 Å². The van der Waals surface area contributed by atoms with E-state index in [-0.39, 0.29) is 19.3 Å². The molecule has 6 heteroatoms. The van der Waals surface area contributed by atoms with Crippen LogP contribution >= 0.6 is 8.15 Å². The fraction of sp³-hybridized carbons (Fsp3) is 0.429. The molecular weight excluding hydrogens is 193 g/mol. The van der Waals surface area contributed by atoms with E-state index in [1.54, 1.807) is 0 Å². The van der Waals surface area contributed by atoms with Crippen molar-refractivity contribution in [3.05, 3.63) is 12.7 Å². The van der Waals surface area contributed by atoms with Crippen LogP contribution in [-0.2, 0) is 14.3 Å². The number of nitrogens with two attached hydrogens (primary N) is 1. The summed E-state index contributed by atoms with van der Waals surface area (Å²) in [6.07, 6.45) is 1.15. The van der Waals surface area contributed by atoms with Gasteiger partial charge in [-0.25, -0.2) is 4.79 Å². The molecule has 0 radical (unpaired) electrons. The Hall–Kier alpha value is -0.770. The van der Waals surface area contributed by atoms with E-state index in [9.17, 15) is 9.59 Å². The molecule has 0 aliphatic heterocycles. The van der Waals surface area contributed by atoms with Crippen LogP contribution in [0.4, 0.5) is 0 Å². The SMILES string of the molecule is C=CC(=O)OCCP(O)C(=O)CN. The lowest BCUT2D eigenvalue weighted by Gasteiger charge is -2.06. The third-order valence-corrected chi connectivity index (χ3v) is 2.54. The summed E-state index contributed by atoms with van der Waals surface area (Å²) in [6.45, 7) is 3.02. The first-order valence-corrected chi connectivity index (χ1v) is 5.08. The highest BCUT2D eigenvalue weighted by Gasteiger charge is 2.13. The zero-order chi connectivity index (χ0) is 10.3. The highest BCUT2D eigenvalue weighted by Crippen LogP contribution is 2.29. The van der Waals surface area contributed by atoms with E-state index >= 15 is 0 Å². The van der Waals surface area contributed by atoms with Crippen molar-refractivity contribution < 1.29 is 19.2 Å². The standard InChI is InChI=1S/C7H12NO4P/c1-2-6(9)12-3-4-13(11)7(10)5-8/h2,11H,1,3-5,8H2. The van der Waals surface area contributed by atoms with Gasteiger partial charge in [0.2, 0.25) is 0 Å². The molecule has 74 valence electrons. The summed E-state index contributed by atoms with van der Waals surface area (Å²) in [4.78, 5) is 30.4. The van der Waals surface area contributed by atoms with Crippen LogP contribution in [0, 0.1) is 0 Å². The Morgan fingerprint density at radius 1 is 1.62 bits per heavy atom. The summed E-state index contributed by atoms with van der Waals surface area (Å²) >= 11 is 0. The van der Waals surface area contributed by atoms with Crippen molar-refractivity contribution in [1.29, 1.82) is 0 Å². The molecule has 5 nitrogen and oxygen atoms in total. The molecule has 0 bridgehead atoms. The average Bonchev–Trinajstić information content (AvgIpc) is 2.15. The second-order valence-corrected chi connectivity index (χ2v) is 3.84. The van der Waals surface area contributed by atoms with Crippen LogP contribution < -0.4 is 5.73 Å². The Kier molecular flexibility index (Phi) is 6.32. The fourth-order valence-corrected chi connectivity index (χ4v) is 1.25. The molecule has 0 aliphatic rings. The summed E-state index contributed by atoms with van der Waals surface area (Å²) in [5, 5.41) is 0. The second kappa shape index (κ2) is 6.71. The highest BCUT2D eigenvalue weighted by atomic mass is 31.1. The first kappa shape index (κ1) is 12.2. The van der Waals surface area contributed by atoms with E-state index in [4.69, 9.17) is 10.6 Å². The van der Waals surface area contributed by atoms with Crippen molar-refractivity contribution in [2.24, 2.45) is 5.73 Å². The van der Waals surface area contributed by atoms with Crippen LogP contribution in [-0.4, -0.2) is 35.7 Å². The molecule has 0 aromatic carbocycles. The van der Waals surface area contributed by atoms with Crippen LogP contribution in [0.5, 0.6) is 0 Å². The number of carbonyl (C=O) groups excluding carboxylic acids is 2. The maximum atomic E-state index is 10.8. The Bertz CT molecular complexity index is 207. The monoisotopic (exact) mass is 205 g/mol. The van der Waals surface area contributed by atoms with Gasteiger partial charge in [-0.15, -0.1) is 0 Å². The molecule has 13 heavy (non-hydrogen) atoms. The van der Waals surface area contributed by atoms with Gasteiger partial charge in [-0.05, 0) is 0 Å². The molecule has 0 aromatic heterocycles. The first-order valence-electron chi connectivity index (χ1n) is 3.60. The minimum absolute atomic E-state index is 0.0127. The predicted molar refractivity (Wildman–Crippen MR) is 49.2 cm³/mol. The Balaban J connectivity index is 3.58. The number of esters is 1. The molecule has 0 saturated heterocycles. The predicted octanol–water partition coefficient (Wildman–Crippen LogP) is -0.410. The van der Waals surface area contributed by atoms with Gasteiger partial charge in [0.15, 0.2) is 5.52 Å². The Labute approximate surface area is 77.4 Å². The lowest BCUT2D eigenvalue weighted by molar-refractivity contribution is -0.137. The minimum Gasteiger partial charge on any atom is -0.462 e. The maximum absolute atomic E-state index is 10.8. The fourth-order valence-electron chi connectivity index (χ4n) is 0.522. The zero-order valence-corrected chi connectivity index (χ0v) is 8.00. The van der Waals surface area contributed by atoms with Gasteiger partial charge in [0.25, 0.3) is 0 Å². The van der Waals surface area contributed by atoms with Crippen LogP contribution in [0.3, 0.4) is 0 Å². The number of carbonyl (C=O) groups is 2. The summed E-state index contributed by atoms with van der Waals surface area (Å²) in [5.41, 5.74) is 4.61. The molecular formula is C7H12NO4P. The summed E-state index contributed by atoms with van der Waals surface area (Å²) in [6, 6.07) is 0. The number of rotatable bonds is 6. The van der Waals surface area contributed by atoms with Crippen LogP contribution in [0.2, 0.25) is 0 Å². The first-order chi connectivity index (χ1) is 6.11. The van der Waals surface area contributed by atoms with E-state index in [1.807, 2.05) is 0 Å². The highest BCUT2D eigenvalue weighted by molar-refractivity contribution is 7.69. The second-order valence-electron chi connectivity index (χ2n) is 2.09. The van der Waals surface area contributed by atoms with E-state index in [2.05, 4.69) is 11.3 Å². The number of hydrogen-bond donors (Lipinski definition) is 2. The molecule has 0 spiro atoms. The molecule has 3 N–H and O–H groups in total. The van der Waals surface area contributed by atoms with Crippen molar-refractivity contribution in [1.82, 2.24) is 0 Å².